The molecule has 0 spiro atoms. The van der Waals surface area contributed by atoms with Crippen LogP contribution < -0.4 is 10.6 Å². The summed E-state index contributed by atoms with van der Waals surface area (Å²) in [7, 11) is 1.97. The van der Waals surface area contributed by atoms with Crippen molar-refractivity contribution in [3.05, 3.63) is 44.3 Å². The molecule has 0 bridgehead atoms. The lowest BCUT2D eigenvalue weighted by molar-refractivity contribution is 0.318. The highest BCUT2D eigenvalue weighted by Gasteiger charge is 2.15. The van der Waals surface area contributed by atoms with E-state index in [-0.39, 0.29) is 5.84 Å². The first kappa shape index (κ1) is 14.8. The van der Waals surface area contributed by atoms with E-state index in [1.165, 1.54) is 4.88 Å². The fourth-order valence-corrected chi connectivity index (χ4v) is 3.30. The largest absolute Gasteiger partial charge is 0.409 e. The van der Waals surface area contributed by atoms with Crippen LogP contribution in [0.5, 0.6) is 0 Å². The number of hydrogen-bond donors (Lipinski definition) is 2. The maximum atomic E-state index is 8.94. The topological polar surface area (TPSA) is 74.7 Å². The lowest BCUT2D eigenvalue weighted by Gasteiger charge is -2.22. The number of thiazole rings is 1. The van der Waals surface area contributed by atoms with Crippen LogP contribution in [0.3, 0.4) is 0 Å². The van der Waals surface area contributed by atoms with E-state index in [9.17, 15) is 0 Å². The molecule has 0 saturated heterocycles. The smallest absolute Gasteiger partial charge is 0.173 e. The van der Waals surface area contributed by atoms with Gasteiger partial charge in [0.2, 0.25) is 0 Å². The average Bonchev–Trinajstić information content (AvgIpc) is 2.83. The average molecular weight is 355 g/mol. The zero-order valence-electron chi connectivity index (χ0n) is 11.2. The molecule has 1 aromatic heterocycles. The standard InChI is InChI=1S/C13H15BrN4OS/c1-8-11(20-7-16-8)6-18(2)10-5-3-4-9(14)12(10)13(15)17-19/h3-5,7,19H,6H2,1-2H3,(H2,15,17). The number of aryl methyl sites for hydroxylation is 1. The minimum absolute atomic E-state index is 0.0837. The second-order valence-corrected chi connectivity index (χ2v) is 6.13. The minimum atomic E-state index is 0.0837. The van der Waals surface area contributed by atoms with Crippen LogP contribution >= 0.6 is 27.3 Å². The van der Waals surface area contributed by atoms with Crippen molar-refractivity contribution in [1.29, 1.82) is 0 Å². The van der Waals surface area contributed by atoms with Gasteiger partial charge in [0.15, 0.2) is 5.84 Å². The Hall–Kier alpha value is -1.60. The van der Waals surface area contributed by atoms with E-state index in [1.807, 2.05) is 37.7 Å². The Labute approximate surface area is 129 Å². The molecule has 0 aliphatic carbocycles. The first-order valence-electron chi connectivity index (χ1n) is 5.91. The number of nitrogens with zero attached hydrogens (tertiary/aromatic N) is 3. The van der Waals surface area contributed by atoms with Gasteiger partial charge in [-0.15, -0.1) is 11.3 Å². The maximum absolute atomic E-state index is 8.94. The molecule has 0 saturated carbocycles. The van der Waals surface area contributed by atoms with Crippen molar-refractivity contribution in [2.24, 2.45) is 10.9 Å². The van der Waals surface area contributed by atoms with E-state index in [0.29, 0.717) is 5.56 Å². The summed E-state index contributed by atoms with van der Waals surface area (Å²) in [6.07, 6.45) is 0. The number of benzene rings is 1. The van der Waals surface area contributed by atoms with E-state index >= 15 is 0 Å². The Bertz CT molecular complexity index is 641. The molecule has 106 valence electrons. The molecular formula is C13H15BrN4OS. The summed E-state index contributed by atoms with van der Waals surface area (Å²) in [5.41, 5.74) is 10.2. The van der Waals surface area contributed by atoms with Gasteiger partial charge < -0.3 is 15.8 Å². The third-order valence-corrected chi connectivity index (χ3v) is 4.57. The van der Waals surface area contributed by atoms with E-state index in [1.54, 1.807) is 11.3 Å². The van der Waals surface area contributed by atoms with Gasteiger partial charge in [0.1, 0.15) is 0 Å². The molecule has 5 nitrogen and oxygen atoms in total. The quantitative estimate of drug-likeness (QED) is 0.383. The fourth-order valence-electron chi connectivity index (χ4n) is 1.91. The number of hydrogen-bond acceptors (Lipinski definition) is 5. The molecule has 0 atom stereocenters. The molecule has 20 heavy (non-hydrogen) atoms. The van der Waals surface area contributed by atoms with Crippen LogP contribution in [0.4, 0.5) is 5.69 Å². The number of amidine groups is 1. The molecule has 0 aliphatic rings. The molecule has 7 heteroatoms. The van der Waals surface area contributed by atoms with Gasteiger partial charge in [-0.1, -0.05) is 11.2 Å². The van der Waals surface area contributed by atoms with E-state index in [0.717, 1.165) is 22.4 Å². The Morgan fingerprint density at radius 3 is 2.90 bits per heavy atom. The number of oxime groups is 1. The van der Waals surface area contributed by atoms with Crippen LogP contribution in [0, 0.1) is 6.92 Å². The highest BCUT2D eigenvalue weighted by atomic mass is 79.9. The van der Waals surface area contributed by atoms with Gasteiger partial charge >= 0.3 is 0 Å². The first-order valence-corrected chi connectivity index (χ1v) is 7.58. The second-order valence-electron chi connectivity index (χ2n) is 4.34. The molecule has 2 rings (SSSR count). The van der Waals surface area contributed by atoms with Gasteiger partial charge in [-0.2, -0.15) is 0 Å². The summed E-state index contributed by atoms with van der Waals surface area (Å²) in [5, 5.41) is 12.0. The Morgan fingerprint density at radius 1 is 1.55 bits per heavy atom. The van der Waals surface area contributed by atoms with Gasteiger partial charge in [-0.25, -0.2) is 4.98 Å². The van der Waals surface area contributed by atoms with Crippen molar-refractivity contribution in [2.75, 3.05) is 11.9 Å². The van der Waals surface area contributed by atoms with Crippen LogP contribution in [-0.2, 0) is 6.54 Å². The van der Waals surface area contributed by atoms with Crippen molar-refractivity contribution >= 4 is 38.8 Å². The zero-order chi connectivity index (χ0) is 14.7. The molecule has 1 aromatic carbocycles. The van der Waals surface area contributed by atoms with Crippen LogP contribution in [0.2, 0.25) is 0 Å². The second kappa shape index (κ2) is 6.23. The highest BCUT2D eigenvalue weighted by Crippen LogP contribution is 2.28. The highest BCUT2D eigenvalue weighted by molar-refractivity contribution is 9.10. The molecule has 0 radical (unpaired) electrons. The fraction of sp³-hybridized carbons (Fsp3) is 0.231. The van der Waals surface area contributed by atoms with Crippen molar-refractivity contribution in [3.63, 3.8) is 0 Å². The summed E-state index contributed by atoms with van der Waals surface area (Å²) < 4.78 is 0.790. The van der Waals surface area contributed by atoms with Gasteiger partial charge in [0.25, 0.3) is 0 Å². The molecule has 1 heterocycles. The SMILES string of the molecule is Cc1ncsc1CN(C)c1cccc(Br)c1/C(N)=N/O. The summed E-state index contributed by atoms with van der Waals surface area (Å²) >= 11 is 5.06. The molecule has 0 fully saturated rings. The third kappa shape index (κ3) is 2.94. The Morgan fingerprint density at radius 2 is 2.30 bits per heavy atom. The molecular weight excluding hydrogens is 340 g/mol. The van der Waals surface area contributed by atoms with Crippen molar-refractivity contribution < 1.29 is 5.21 Å². The van der Waals surface area contributed by atoms with Crippen LogP contribution in [0.15, 0.2) is 33.3 Å². The summed E-state index contributed by atoms with van der Waals surface area (Å²) in [4.78, 5) is 7.50. The summed E-state index contributed by atoms with van der Waals surface area (Å²) in [6.45, 7) is 2.71. The lowest BCUT2D eigenvalue weighted by atomic mass is 10.1. The number of rotatable bonds is 4. The molecule has 3 N–H and O–H groups in total. The summed E-state index contributed by atoms with van der Waals surface area (Å²) in [6, 6.07) is 5.72. The predicted octanol–water partition coefficient (Wildman–Crippen LogP) is 2.94. The van der Waals surface area contributed by atoms with Gasteiger partial charge in [0, 0.05) is 22.1 Å². The monoisotopic (exact) mass is 354 g/mol. The first-order chi connectivity index (χ1) is 9.54. The van der Waals surface area contributed by atoms with E-state index in [2.05, 4.69) is 31.0 Å². The number of anilines is 1. The van der Waals surface area contributed by atoms with Crippen LogP contribution in [0.25, 0.3) is 0 Å². The Kier molecular flexibility index (Phi) is 4.61. The maximum Gasteiger partial charge on any atom is 0.173 e. The normalized spacial score (nSPS) is 11.7. The lowest BCUT2D eigenvalue weighted by Crippen LogP contribution is -2.23. The van der Waals surface area contributed by atoms with Gasteiger partial charge in [-0.3, -0.25) is 0 Å². The molecule has 2 aromatic rings. The number of halogens is 1. The third-order valence-electron chi connectivity index (χ3n) is 2.99. The Balaban J connectivity index is 2.37. The number of nitrogens with two attached hydrogens (primary N) is 1. The molecule has 0 amide bonds. The molecule has 0 unspecified atom stereocenters. The predicted molar refractivity (Wildman–Crippen MR) is 85.6 cm³/mol. The van der Waals surface area contributed by atoms with Crippen LogP contribution in [0.1, 0.15) is 16.1 Å². The van der Waals surface area contributed by atoms with Crippen molar-refractivity contribution in [3.8, 4) is 0 Å². The molecule has 0 aliphatic heterocycles. The van der Waals surface area contributed by atoms with Crippen LogP contribution in [-0.4, -0.2) is 23.1 Å². The van der Waals surface area contributed by atoms with Gasteiger partial charge in [-0.05, 0) is 35.0 Å². The van der Waals surface area contributed by atoms with Crippen molar-refractivity contribution in [1.82, 2.24) is 4.98 Å². The number of aromatic nitrogens is 1. The minimum Gasteiger partial charge on any atom is -0.409 e. The zero-order valence-corrected chi connectivity index (χ0v) is 13.6. The summed E-state index contributed by atoms with van der Waals surface area (Å²) in [5.74, 6) is 0.0837. The van der Waals surface area contributed by atoms with Gasteiger partial charge in [0.05, 0.1) is 23.3 Å². The van der Waals surface area contributed by atoms with Crippen molar-refractivity contribution in [2.45, 2.75) is 13.5 Å². The van der Waals surface area contributed by atoms with E-state index < -0.39 is 0 Å². The van der Waals surface area contributed by atoms with E-state index in [4.69, 9.17) is 10.9 Å².